The summed E-state index contributed by atoms with van der Waals surface area (Å²) in [5.41, 5.74) is 0. The smallest absolute Gasteiger partial charge is 0.226 e. The van der Waals surface area contributed by atoms with Gasteiger partial charge in [-0.3, -0.25) is 9.69 Å². The summed E-state index contributed by atoms with van der Waals surface area (Å²) in [6.07, 6.45) is 5.37. The van der Waals surface area contributed by atoms with Crippen molar-refractivity contribution in [3.05, 3.63) is 35.2 Å². The Bertz CT molecular complexity index is 796. The maximum absolute atomic E-state index is 13.1. The lowest BCUT2D eigenvalue weighted by Gasteiger charge is -2.48. The SMILES string of the molecule is O=C(C1CCOCC1)N1CCC[C@@H]2CN(Cc3cc4ccccc4s3)CC[C@@H]21. The predicted molar refractivity (Wildman–Crippen MR) is 113 cm³/mol. The molecule has 3 saturated heterocycles. The van der Waals surface area contributed by atoms with Crippen LogP contribution in [0.25, 0.3) is 10.1 Å². The fourth-order valence-corrected chi connectivity index (χ4v) is 6.52. The molecule has 0 saturated carbocycles. The summed E-state index contributed by atoms with van der Waals surface area (Å²) >= 11 is 1.93. The van der Waals surface area contributed by atoms with Gasteiger partial charge in [-0.05, 0) is 55.5 Å². The molecule has 3 aliphatic heterocycles. The summed E-state index contributed by atoms with van der Waals surface area (Å²) in [7, 11) is 0. The number of rotatable bonds is 3. The van der Waals surface area contributed by atoms with Crippen LogP contribution in [0, 0.1) is 11.8 Å². The number of ether oxygens (including phenoxy) is 1. The highest BCUT2D eigenvalue weighted by Gasteiger charge is 2.40. The van der Waals surface area contributed by atoms with Gasteiger partial charge in [0.05, 0.1) is 0 Å². The molecule has 0 bridgehead atoms. The molecule has 1 aromatic heterocycles. The van der Waals surface area contributed by atoms with Gasteiger partial charge in [-0.1, -0.05) is 18.2 Å². The van der Waals surface area contributed by atoms with Crippen molar-refractivity contribution < 1.29 is 9.53 Å². The van der Waals surface area contributed by atoms with E-state index in [1.165, 1.54) is 21.4 Å². The zero-order valence-corrected chi connectivity index (χ0v) is 17.3. The molecule has 5 heteroatoms. The number of amides is 1. The van der Waals surface area contributed by atoms with Crippen molar-refractivity contribution in [2.24, 2.45) is 11.8 Å². The van der Waals surface area contributed by atoms with Crippen LogP contribution in [-0.2, 0) is 16.1 Å². The highest BCUT2D eigenvalue weighted by molar-refractivity contribution is 7.19. The Hall–Kier alpha value is -1.43. The molecule has 1 aromatic carbocycles. The summed E-state index contributed by atoms with van der Waals surface area (Å²) in [5.74, 6) is 1.25. The second-order valence-corrected chi connectivity index (χ2v) is 9.83. The topological polar surface area (TPSA) is 32.8 Å². The van der Waals surface area contributed by atoms with Gasteiger partial charge < -0.3 is 9.64 Å². The molecule has 4 heterocycles. The number of fused-ring (bicyclic) bond motifs is 2. The number of benzene rings is 1. The lowest BCUT2D eigenvalue weighted by Crippen LogP contribution is -2.56. The van der Waals surface area contributed by atoms with Crippen LogP contribution in [0.2, 0.25) is 0 Å². The van der Waals surface area contributed by atoms with Gasteiger partial charge in [0.25, 0.3) is 0 Å². The quantitative estimate of drug-likeness (QED) is 0.779. The summed E-state index contributed by atoms with van der Waals surface area (Å²) in [6.45, 7) is 5.76. The molecule has 0 N–H and O–H groups in total. The van der Waals surface area contributed by atoms with Gasteiger partial charge in [-0.15, -0.1) is 11.3 Å². The molecule has 0 radical (unpaired) electrons. The van der Waals surface area contributed by atoms with Crippen LogP contribution < -0.4 is 0 Å². The molecular formula is C23H30N2O2S. The highest BCUT2D eigenvalue weighted by Crippen LogP contribution is 2.34. The summed E-state index contributed by atoms with van der Waals surface area (Å²) in [6, 6.07) is 11.5. The van der Waals surface area contributed by atoms with Gasteiger partial charge in [0.1, 0.15) is 0 Å². The molecule has 4 nitrogen and oxygen atoms in total. The van der Waals surface area contributed by atoms with E-state index in [2.05, 4.69) is 40.1 Å². The number of piperidine rings is 2. The Labute approximate surface area is 171 Å². The van der Waals surface area contributed by atoms with Crippen LogP contribution in [0.4, 0.5) is 0 Å². The Kier molecular flexibility index (Phi) is 5.40. The zero-order valence-electron chi connectivity index (χ0n) is 16.5. The zero-order chi connectivity index (χ0) is 18.9. The average molecular weight is 399 g/mol. The third kappa shape index (κ3) is 3.72. The van der Waals surface area contributed by atoms with E-state index in [4.69, 9.17) is 4.74 Å². The van der Waals surface area contributed by atoms with E-state index in [-0.39, 0.29) is 5.92 Å². The number of carbonyl (C=O) groups is 1. The fraction of sp³-hybridized carbons (Fsp3) is 0.609. The van der Waals surface area contributed by atoms with Gasteiger partial charge in [0.15, 0.2) is 0 Å². The van der Waals surface area contributed by atoms with Gasteiger partial charge in [0, 0.05) is 60.9 Å². The molecule has 0 aliphatic carbocycles. The van der Waals surface area contributed by atoms with Crippen molar-refractivity contribution >= 4 is 27.3 Å². The third-order valence-electron chi connectivity index (χ3n) is 6.86. The van der Waals surface area contributed by atoms with Gasteiger partial charge in [-0.2, -0.15) is 0 Å². The van der Waals surface area contributed by atoms with Crippen LogP contribution in [0.1, 0.15) is 37.0 Å². The first kappa shape index (κ1) is 18.6. The summed E-state index contributed by atoms with van der Waals surface area (Å²) < 4.78 is 6.85. The van der Waals surface area contributed by atoms with Crippen LogP contribution >= 0.6 is 11.3 Å². The normalized spacial score (nSPS) is 27.1. The predicted octanol–water partition coefficient (Wildman–Crippen LogP) is 4.14. The van der Waals surface area contributed by atoms with Gasteiger partial charge in [-0.25, -0.2) is 0 Å². The molecule has 3 fully saturated rings. The molecule has 0 spiro atoms. The van der Waals surface area contributed by atoms with Crippen molar-refractivity contribution in [1.82, 2.24) is 9.80 Å². The minimum absolute atomic E-state index is 0.198. The Morgan fingerprint density at radius 3 is 2.82 bits per heavy atom. The molecular weight excluding hydrogens is 368 g/mol. The van der Waals surface area contributed by atoms with E-state index < -0.39 is 0 Å². The molecule has 5 rings (SSSR count). The molecule has 2 atom stereocenters. The fourth-order valence-electron chi connectivity index (χ4n) is 5.41. The second kappa shape index (κ2) is 8.13. The van der Waals surface area contributed by atoms with E-state index in [9.17, 15) is 4.79 Å². The van der Waals surface area contributed by atoms with Crippen molar-refractivity contribution in [2.75, 3.05) is 32.8 Å². The Morgan fingerprint density at radius 2 is 1.96 bits per heavy atom. The molecule has 0 unspecified atom stereocenters. The number of nitrogens with zero attached hydrogens (tertiary/aromatic N) is 2. The minimum atomic E-state index is 0.198. The van der Waals surface area contributed by atoms with Crippen LogP contribution in [0.15, 0.2) is 30.3 Å². The molecule has 3 aliphatic rings. The standard InChI is InChI=1S/C23H30N2O2S/c26-23(17-8-12-27-13-9-17)25-10-3-5-19-15-24(11-7-21(19)25)16-20-14-18-4-1-2-6-22(18)28-20/h1-2,4,6,14,17,19,21H,3,5,7-13,15-16H2/t19-,21+/m1/s1. The first-order valence-corrected chi connectivity index (χ1v) is 11.7. The Morgan fingerprint density at radius 1 is 1.11 bits per heavy atom. The number of likely N-dealkylation sites (tertiary alicyclic amines) is 2. The second-order valence-electron chi connectivity index (χ2n) is 8.66. The van der Waals surface area contributed by atoms with Crippen LogP contribution in [-0.4, -0.2) is 54.6 Å². The molecule has 28 heavy (non-hydrogen) atoms. The van der Waals surface area contributed by atoms with E-state index in [0.717, 1.165) is 65.1 Å². The lowest BCUT2D eigenvalue weighted by molar-refractivity contribution is -0.145. The summed E-state index contributed by atoms with van der Waals surface area (Å²) in [4.78, 5) is 19.5. The molecule has 150 valence electrons. The Balaban J connectivity index is 1.23. The third-order valence-corrected chi connectivity index (χ3v) is 7.96. The number of hydrogen-bond donors (Lipinski definition) is 0. The van der Waals surface area contributed by atoms with E-state index in [1.807, 2.05) is 11.3 Å². The number of carbonyl (C=O) groups excluding carboxylic acids is 1. The van der Waals surface area contributed by atoms with Gasteiger partial charge in [0.2, 0.25) is 5.91 Å². The lowest BCUT2D eigenvalue weighted by atomic mass is 9.82. The van der Waals surface area contributed by atoms with Crippen LogP contribution in [0.3, 0.4) is 0 Å². The van der Waals surface area contributed by atoms with E-state index in [1.54, 1.807) is 0 Å². The van der Waals surface area contributed by atoms with Crippen LogP contribution in [0.5, 0.6) is 0 Å². The molecule has 2 aromatic rings. The number of hydrogen-bond acceptors (Lipinski definition) is 4. The van der Waals surface area contributed by atoms with Crippen molar-refractivity contribution in [3.63, 3.8) is 0 Å². The van der Waals surface area contributed by atoms with Crippen molar-refractivity contribution in [1.29, 1.82) is 0 Å². The maximum Gasteiger partial charge on any atom is 0.226 e. The van der Waals surface area contributed by atoms with Crippen molar-refractivity contribution in [3.8, 4) is 0 Å². The van der Waals surface area contributed by atoms with E-state index in [0.29, 0.717) is 17.9 Å². The van der Waals surface area contributed by atoms with Crippen molar-refractivity contribution in [2.45, 2.75) is 44.7 Å². The first-order valence-electron chi connectivity index (χ1n) is 10.9. The minimum Gasteiger partial charge on any atom is -0.381 e. The largest absolute Gasteiger partial charge is 0.381 e. The number of thiophene rings is 1. The van der Waals surface area contributed by atoms with E-state index >= 15 is 0 Å². The summed E-state index contributed by atoms with van der Waals surface area (Å²) in [5, 5.41) is 1.36. The highest BCUT2D eigenvalue weighted by atomic mass is 32.1. The monoisotopic (exact) mass is 398 g/mol. The molecule has 1 amide bonds. The average Bonchev–Trinajstić information content (AvgIpc) is 3.15. The first-order chi connectivity index (χ1) is 13.8. The maximum atomic E-state index is 13.1. The van der Waals surface area contributed by atoms with Gasteiger partial charge >= 0.3 is 0 Å².